The van der Waals surface area contributed by atoms with E-state index in [9.17, 15) is 4.79 Å². The predicted octanol–water partition coefficient (Wildman–Crippen LogP) is 3.13. The zero-order valence-corrected chi connectivity index (χ0v) is 16.2. The predicted molar refractivity (Wildman–Crippen MR) is 109 cm³/mol. The monoisotopic (exact) mass is 376 g/mol. The maximum atomic E-state index is 12.7. The summed E-state index contributed by atoms with van der Waals surface area (Å²) in [4.78, 5) is 14.9. The van der Waals surface area contributed by atoms with Crippen molar-refractivity contribution in [2.45, 2.75) is 26.7 Å². The third-order valence-corrected chi connectivity index (χ3v) is 5.43. The topological polar surface area (TPSA) is 75.9 Å². The van der Waals surface area contributed by atoms with Gasteiger partial charge in [0.2, 0.25) is 5.91 Å². The Balaban J connectivity index is 1.35. The first kappa shape index (κ1) is 18.2. The summed E-state index contributed by atoms with van der Waals surface area (Å²) in [5.74, 6) is 1.65. The highest BCUT2D eigenvalue weighted by Crippen LogP contribution is 2.24. The van der Waals surface area contributed by atoms with Gasteiger partial charge in [0, 0.05) is 37.1 Å². The average molecular weight is 376 g/mol. The fourth-order valence-corrected chi connectivity index (χ4v) is 3.51. The molecule has 0 atom stereocenters. The Bertz CT molecular complexity index is 944. The van der Waals surface area contributed by atoms with E-state index in [1.54, 1.807) is 10.9 Å². The summed E-state index contributed by atoms with van der Waals surface area (Å²) in [7, 11) is 0. The molecule has 1 aromatic carbocycles. The second-order valence-corrected chi connectivity index (χ2v) is 7.20. The van der Waals surface area contributed by atoms with E-state index in [-0.39, 0.29) is 11.8 Å². The molecule has 1 N–H and O–H groups in total. The molecule has 4 rings (SSSR count). The van der Waals surface area contributed by atoms with E-state index >= 15 is 0 Å². The van der Waals surface area contributed by atoms with Gasteiger partial charge < -0.3 is 10.2 Å². The van der Waals surface area contributed by atoms with Crippen molar-refractivity contribution in [2.24, 2.45) is 5.92 Å². The molecule has 0 aliphatic carbocycles. The summed E-state index contributed by atoms with van der Waals surface area (Å²) in [5, 5.41) is 15.8. The number of nitrogens with zero attached hydrogens (tertiary/aromatic N) is 5. The molecule has 1 saturated heterocycles. The lowest BCUT2D eigenvalue weighted by Gasteiger charge is -2.32. The van der Waals surface area contributed by atoms with Crippen molar-refractivity contribution in [3.05, 3.63) is 59.9 Å². The molecular formula is C21H24N6O. The maximum absolute atomic E-state index is 12.7. The van der Waals surface area contributed by atoms with Crippen LogP contribution in [-0.4, -0.2) is 39.0 Å². The number of hydrogen-bond acceptors (Lipinski definition) is 5. The number of nitrogens with one attached hydrogen (secondary N) is 1. The number of rotatable bonds is 4. The highest BCUT2D eigenvalue weighted by molar-refractivity contribution is 5.93. The van der Waals surface area contributed by atoms with Gasteiger partial charge in [-0.2, -0.15) is 5.10 Å². The summed E-state index contributed by atoms with van der Waals surface area (Å²) in [6.07, 6.45) is 5.16. The smallest absolute Gasteiger partial charge is 0.227 e. The average Bonchev–Trinajstić information content (AvgIpc) is 3.26. The summed E-state index contributed by atoms with van der Waals surface area (Å²) in [6.45, 7) is 5.68. The minimum Gasteiger partial charge on any atom is -0.355 e. The lowest BCUT2D eigenvalue weighted by molar-refractivity contribution is -0.120. The molecule has 3 aromatic rings. The van der Waals surface area contributed by atoms with Crippen molar-refractivity contribution in [2.75, 3.05) is 23.3 Å². The third-order valence-electron chi connectivity index (χ3n) is 5.43. The van der Waals surface area contributed by atoms with Crippen molar-refractivity contribution in [1.29, 1.82) is 0 Å². The van der Waals surface area contributed by atoms with Crippen LogP contribution in [0.15, 0.2) is 48.8 Å². The lowest BCUT2D eigenvalue weighted by Crippen LogP contribution is -2.38. The van der Waals surface area contributed by atoms with E-state index in [0.29, 0.717) is 5.82 Å². The Labute approximate surface area is 164 Å². The zero-order valence-electron chi connectivity index (χ0n) is 16.2. The van der Waals surface area contributed by atoms with Crippen LogP contribution in [-0.2, 0) is 4.79 Å². The van der Waals surface area contributed by atoms with E-state index in [4.69, 9.17) is 0 Å². The van der Waals surface area contributed by atoms with Gasteiger partial charge in [0.25, 0.3) is 0 Å². The van der Waals surface area contributed by atoms with Crippen LogP contribution >= 0.6 is 0 Å². The Morgan fingerprint density at radius 2 is 1.79 bits per heavy atom. The highest BCUT2D eigenvalue weighted by atomic mass is 16.1. The summed E-state index contributed by atoms with van der Waals surface area (Å²) in [5.41, 5.74) is 3.22. The van der Waals surface area contributed by atoms with Crippen LogP contribution < -0.4 is 10.2 Å². The van der Waals surface area contributed by atoms with Gasteiger partial charge in [-0.3, -0.25) is 4.79 Å². The van der Waals surface area contributed by atoms with Gasteiger partial charge in [-0.05, 0) is 62.1 Å². The first-order valence-electron chi connectivity index (χ1n) is 9.57. The van der Waals surface area contributed by atoms with Crippen LogP contribution in [0.1, 0.15) is 24.0 Å². The molecule has 0 bridgehead atoms. The SMILES string of the molecule is Cc1cccc(NC(=O)C2CCN(c3ccc(-n4cccn4)nn3)CC2)c1C. The van der Waals surface area contributed by atoms with Gasteiger partial charge in [-0.25, -0.2) is 4.68 Å². The molecule has 7 nitrogen and oxygen atoms in total. The summed E-state index contributed by atoms with van der Waals surface area (Å²) >= 11 is 0. The number of amides is 1. The van der Waals surface area contributed by atoms with Crippen molar-refractivity contribution in [3.8, 4) is 5.82 Å². The van der Waals surface area contributed by atoms with E-state index in [1.165, 1.54) is 5.56 Å². The molecular weight excluding hydrogens is 352 g/mol. The van der Waals surface area contributed by atoms with E-state index in [0.717, 1.165) is 43.0 Å². The molecule has 0 unspecified atom stereocenters. The highest BCUT2D eigenvalue weighted by Gasteiger charge is 2.26. The standard InChI is InChI=1S/C21H24N6O/c1-15-5-3-6-18(16(15)2)23-21(28)17-9-13-26(14-10-17)19-7-8-20(25-24-19)27-12-4-11-22-27/h3-8,11-12,17H,9-10,13-14H2,1-2H3,(H,23,28). The quantitative estimate of drug-likeness (QED) is 0.757. The maximum Gasteiger partial charge on any atom is 0.227 e. The normalized spacial score (nSPS) is 14.9. The number of piperidine rings is 1. The summed E-state index contributed by atoms with van der Waals surface area (Å²) < 4.78 is 1.68. The second kappa shape index (κ2) is 7.80. The molecule has 144 valence electrons. The van der Waals surface area contributed by atoms with Crippen LogP contribution in [0.4, 0.5) is 11.5 Å². The Hall–Kier alpha value is -3.22. The Morgan fingerprint density at radius 1 is 1.04 bits per heavy atom. The van der Waals surface area contributed by atoms with Crippen LogP contribution in [0.25, 0.3) is 5.82 Å². The minimum atomic E-state index is 0.0208. The number of aryl methyl sites for hydroxylation is 1. The summed E-state index contributed by atoms with van der Waals surface area (Å²) in [6, 6.07) is 11.7. The molecule has 0 radical (unpaired) electrons. The molecule has 1 amide bonds. The Morgan fingerprint density at radius 3 is 2.46 bits per heavy atom. The van der Waals surface area contributed by atoms with E-state index in [1.807, 2.05) is 43.5 Å². The molecule has 0 spiro atoms. The molecule has 1 aliphatic heterocycles. The molecule has 0 saturated carbocycles. The van der Waals surface area contributed by atoms with Crippen LogP contribution in [0, 0.1) is 19.8 Å². The number of anilines is 2. The van der Waals surface area contributed by atoms with Crippen molar-refractivity contribution in [1.82, 2.24) is 20.0 Å². The number of hydrogen-bond donors (Lipinski definition) is 1. The fraction of sp³-hybridized carbons (Fsp3) is 0.333. The fourth-order valence-electron chi connectivity index (χ4n) is 3.51. The van der Waals surface area contributed by atoms with Gasteiger partial charge in [-0.15, -0.1) is 10.2 Å². The second-order valence-electron chi connectivity index (χ2n) is 7.20. The first-order chi connectivity index (χ1) is 13.6. The van der Waals surface area contributed by atoms with Crippen molar-refractivity contribution < 1.29 is 4.79 Å². The largest absolute Gasteiger partial charge is 0.355 e. The molecule has 1 fully saturated rings. The first-order valence-corrected chi connectivity index (χ1v) is 9.57. The number of aromatic nitrogens is 4. The molecule has 28 heavy (non-hydrogen) atoms. The van der Waals surface area contributed by atoms with Gasteiger partial charge in [0.05, 0.1) is 0 Å². The Kier molecular flexibility index (Phi) is 5.06. The van der Waals surface area contributed by atoms with E-state index in [2.05, 4.69) is 38.5 Å². The van der Waals surface area contributed by atoms with Crippen molar-refractivity contribution >= 4 is 17.4 Å². The van der Waals surface area contributed by atoms with E-state index < -0.39 is 0 Å². The molecule has 2 aromatic heterocycles. The zero-order chi connectivity index (χ0) is 19.5. The van der Waals surface area contributed by atoms with Gasteiger partial charge in [0.1, 0.15) is 0 Å². The lowest BCUT2D eigenvalue weighted by atomic mass is 9.95. The minimum absolute atomic E-state index is 0.0208. The van der Waals surface area contributed by atoms with Crippen molar-refractivity contribution in [3.63, 3.8) is 0 Å². The number of carbonyl (C=O) groups is 1. The van der Waals surface area contributed by atoms with Gasteiger partial charge in [-0.1, -0.05) is 12.1 Å². The van der Waals surface area contributed by atoms with Crippen LogP contribution in [0.5, 0.6) is 0 Å². The molecule has 7 heteroatoms. The third kappa shape index (κ3) is 3.74. The van der Waals surface area contributed by atoms with Crippen LogP contribution in [0.2, 0.25) is 0 Å². The van der Waals surface area contributed by atoms with Gasteiger partial charge in [0.15, 0.2) is 11.6 Å². The molecule has 3 heterocycles. The number of carbonyl (C=O) groups excluding carboxylic acids is 1. The van der Waals surface area contributed by atoms with Gasteiger partial charge >= 0.3 is 0 Å². The number of benzene rings is 1. The molecule has 1 aliphatic rings. The van der Waals surface area contributed by atoms with Crippen LogP contribution in [0.3, 0.4) is 0 Å².